The Balaban J connectivity index is 3.56. The van der Waals surface area contributed by atoms with Gasteiger partial charge < -0.3 is 15.9 Å². The van der Waals surface area contributed by atoms with Gasteiger partial charge in [-0.3, -0.25) is 4.79 Å². The van der Waals surface area contributed by atoms with Crippen LogP contribution >= 0.6 is 0 Å². The van der Waals surface area contributed by atoms with Crippen LogP contribution in [0.25, 0.3) is 1.43 Å². The smallest absolute Gasteiger partial charge is 0.320 e. The number of phenolic OH excluding ortho intramolecular Hbond substituents is 1. The molecule has 0 radical (unpaired) electrons. The van der Waals surface area contributed by atoms with Gasteiger partial charge in [0.05, 0.1) is 4.11 Å². The van der Waals surface area contributed by atoms with Crippen LogP contribution in [-0.4, -0.2) is 23.7 Å². The highest BCUT2D eigenvalue weighted by Gasteiger charge is 2.11. The molecule has 0 saturated heterocycles. The van der Waals surface area contributed by atoms with Gasteiger partial charge in [0.2, 0.25) is 0 Å². The normalized spacial score (nSPS) is 23.0. The van der Waals surface area contributed by atoms with E-state index in [9.17, 15) is 4.79 Å². The van der Waals surface area contributed by atoms with E-state index < -0.39 is 47.8 Å². The molecule has 13 heavy (non-hydrogen) atoms. The van der Waals surface area contributed by atoms with E-state index in [1.165, 1.54) is 0 Å². The minimum Gasteiger partial charge on any atom is -0.508 e. The van der Waals surface area contributed by atoms with Gasteiger partial charge in [-0.1, -0.05) is 12.1 Å². The summed E-state index contributed by atoms with van der Waals surface area (Å²) in [6.07, 6.45) is -2.88. The predicted molar refractivity (Wildman–Crippen MR) is 47.4 cm³/mol. The molecule has 1 aromatic rings. The minimum absolute atomic E-state index is 0.324. The van der Waals surface area contributed by atoms with Crippen LogP contribution in [0.5, 0.6) is 5.75 Å². The van der Waals surface area contributed by atoms with Crippen LogP contribution in [0, 0.1) is 0 Å². The van der Waals surface area contributed by atoms with Gasteiger partial charge in [0.15, 0.2) is 0 Å². The Morgan fingerprint density at radius 1 is 1.92 bits per heavy atom. The van der Waals surface area contributed by atoms with E-state index in [2.05, 4.69) is 10.2 Å². The summed E-state index contributed by atoms with van der Waals surface area (Å²) in [6.45, 7) is 0. The Hall–Kier alpha value is -1.55. The molecule has 0 bridgehead atoms. The van der Waals surface area contributed by atoms with Crippen molar-refractivity contribution < 1.29 is 24.7 Å². The van der Waals surface area contributed by atoms with Crippen molar-refractivity contribution >= 4 is 5.97 Å². The summed E-state index contributed by atoms with van der Waals surface area (Å²) in [7, 11) is 0. The highest BCUT2D eigenvalue weighted by atomic mass is 16.4. The third-order valence-corrected chi connectivity index (χ3v) is 1.17. The van der Waals surface area contributed by atoms with Gasteiger partial charge in [0.25, 0.3) is 2.86 Å². The molecule has 0 aliphatic carbocycles. The maximum atomic E-state index is 11.4. The number of aliphatic carboxylic acids is 1. The van der Waals surface area contributed by atoms with Crippen molar-refractivity contribution in [1.82, 2.24) is 0 Å². The fourth-order valence-electron chi connectivity index (χ4n) is 0.647. The van der Waals surface area contributed by atoms with Crippen molar-refractivity contribution in [3.8, 4) is 5.75 Å². The Morgan fingerprint density at radius 2 is 2.85 bits per heavy atom. The molecule has 0 aliphatic rings. The number of carbonyl (C=O) groups is 1. The van der Waals surface area contributed by atoms with E-state index in [0.29, 0.717) is 0 Å². The van der Waals surface area contributed by atoms with Crippen LogP contribution in [0.4, 0.5) is 0 Å². The molecule has 0 amide bonds. The summed E-state index contributed by atoms with van der Waals surface area (Å²) in [6, 6.07) is -3.58. The number of phenols is 1. The second kappa shape index (κ2) is 3.91. The van der Waals surface area contributed by atoms with E-state index in [4.69, 9.17) is 12.5 Å². The average molecular weight is 190 g/mol. The molecule has 4 nitrogen and oxygen atoms in total. The first-order valence-corrected chi connectivity index (χ1v) is 3.28. The van der Waals surface area contributed by atoms with E-state index in [0.717, 1.165) is 6.07 Å². The third-order valence-electron chi connectivity index (χ3n) is 1.17. The summed E-state index contributed by atoms with van der Waals surface area (Å²) in [4.78, 5) is 11.4. The number of rotatable bonds is 5. The molecule has 4 heteroatoms. The lowest BCUT2D eigenvalue weighted by atomic mass is 10.1. The number of nitrogens with two attached hydrogens (primary N) is 1. The highest BCUT2D eigenvalue weighted by Crippen LogP contribution is 2.11. The molecule has 1 aromatic carbocycles. The summed E-state index contributed by atoms with van der Waals surface area (Å²) >= 11 is 0. The van der Waals surface area contributed by atoms with Crippen LogP contribution < -0.4 is 5.72 Å². The maximum Gasteiger partial charge on any atom is 0.320 e. The summed E-state index contributed by atoms with van der Waals surface area (Å²) in [5.74, 6) is -2.08. The lowest BCUT2D eigenvalue weighted by Gasteiger charge is -2.05. The maximum absolute atomic E-state index is 11.4. The van der Waals surface area contributed by atoms with Gasteiger partial charge >= 0.3 is 5.97 Å². The summed E-state index contributed by atoms with van der Waals surface area (Å²) < 4.78 is 66.0. The lowest BCUT2D eigenvalue weighted by Crippen LogP contribution is -2.32. The molecule has 0 unspecified atom stereocenters. The zero-order valence-electron chi connectivity index (χ0n) is 15.3. The fourth-order valence-corrected chi connectivity index (χ4v) is 0.647. The Morgan fingerprint density at radius 3 is 3.54 bits per heavy atom. The highest BCUT2D eigenvalue weighted by molar-refractivity contribution is 5.73. The molecule has 0 heterocycles. The van der Waals surface area contributed by atoms with Crippen molar-refractivity contribution in [2.75, 3.05) is 0 Å². The second-order valence-electron chi connectivity index (χ2n) is 2.16. The molecule has 0 aliphatic heterocycles. The van der Waals surface area contributed by atoms with Crippen molar-refractivity contribution in [2.24, 2.45) is 5.72 Å². The molecule has 0 spiro atoms. The van der Waals surface area contributed by atoms with Gasteiger partial charge in [-0.2, -0.15) is 0 Å². The van der Waals surface area contributed by atoms with Crippen LogP contribution in [0.3, 0.4) is 0 Å². The zero-order valence-corrected chi connectivity index (χ0v) is 6.33. The largest absolute Gasteiger partial charge is 0.508 e. The first-order chi connectivity index (χ1) is 10.1. The van der Waals surface area contributed by atoms with Gasteiger partial charge in [-0.05, 0) is 24.0 Å². The standard InChI is InChI=1S/C9H11NO3/c10-8(9(12)13)5-6-2-1-3-7(11)4-6/h1-4,8,11H,5,10H2,(H,12,13)/t8-/m0/s1/i1D,2D,3D,5D2/hD4. The molecule has 70 valence electrons. The van der Waals surface area contributed by atoms with Crippen LogP contribution in [-0.2, 0) is 11.2 Å². The van der Waals surface area contributed by atoms with E-state index in [-0.39, 0.29) is 5.72 Å². The molecule has 0 aromatic heterocycles. The number of hydrogen-bond donors (Lipinski definition) is 3. The van der Waals surface area contributed by atoms with Gasteiger partial charge in [0.1, 0.15) is 14.6 Å². The quantitative estimate of drug-likeness (QED) is 0.625. The number of carboxylic acids is 1. The molecular formula is C9H11NO3. The first kappa shape index (κ1) is 2.99. The minimum atomic E-state index is -2.88. The van der Waals surface area contributed by atoms with Crippen LogP contribution in [0.1, 0.15) is 12.4 Å². The molecule has 1 atom stereocenters. The monoisotopic (exact) mass is 190 g/mol. The number of hydrogen-bond acceptors (Lipinski definition) is 4. The van der Waals surface area contributed by atoms with Crippen molar-refractivity contribution in [1.29, 1.82) is 2.86 Å². The van der Waals surface area contributed by atoms with E-state index in [1.54, 1.807) is 0 Å². The van der Waals surface area contributed by atoms with Crippen molar-refractivity contribution in [2.45, 2.75) is 12.4 Å². The number of carboxylic acid groups (broad SMARTS) is 1. The SMILES string of the molecule is [2H]OC(=O)[C@@H](N([2H])[2H])C([2H])([2H])c1cc(O[2H])c([2H])c([2H])c1[2H]. The Kier molecular flexibility index (Phi) is 0.899. The van der Waals surface area contributed by atoms with E-state index in [1.807, 2.05) is 0 Å². The Bertz CT molecular complexity index is 580. The molecule has 0 fully saturated rings. The number of benzene rings is 1. The topological polar surface area (TPSA) is 83.5 Å². The number of aromatic hydroxyl groups is 1. The molecule has 0 saturated carbocycles. The molecular weight excluding hydrogens is 170 g/mol. The second-order valence-corrected chi connectivity index (χ2v) is 2.16. The Labute approximate surface area is 88.6 Å². The van der Waals surface area contributed by atoms with Gasteiger partial charge in [0, 0.05) is 2.74 Å². The van der Waals surface area contributed by atoms with Gasteiger partial charge in [-0.25, -0.2) is 0 Å². The van der Waals surface area contributed by atoms with E-state index >= 15 is 0 Å². The lowest BCUT2D eigenvalue weighted by molar-refractivity contribution is -0.138. The molecule has 1 rings (SSSR count). The zero-order chi connectivity index (χ0) is 17.2. The molecule has 4 N–H and O–H groups in total. The van der Waals surface area contributed by atoms with Crippen molar-refractivity contribution in [3.63, 3.8) is 0 Å². The summed E-state index contributed by atoms with van der Waals surface area (Å²) in [5.41, 5.74) is -0.967. The van der Waals surface area contributed by atoms with Crippen LogP contribution in [0.15, 0.2) is 24.2 Å². The summed E-state index contributed by atoms with van der Waals surface area (Å²) in [5, 5.41) is 7.68. The first-order valence-electron chi connectivity index (χ1n) is 7.49. The van der Waals surface area contributed by atoms with Crippen molar-refractivity contribution in [3.05, 3.63) is 29.8 Å². The average Bonchev–Trinajstić information content (AvgIpc) is 2.44. The van der Waals surface area contributed by atoms with Crippen LogP contribution in [0.2, 0.25) is 2.82 Å². The third kappa shape index (κ3) is 2.76. The predicted octanol–water partition coefficient (Wildman–Crippen LogP) is 0.347. The fraction of sp³-hybridized carbons (Fsp3) is 0.222. The van der Waals surface area contributed by atoms with Gasteiger partial charge in [-0.15, -0.1) is 0 Å².